The van der Waals surface area contributed by atoms with E-state index in [1.165, 1.54) is 0 Å². The standard InChI is InChI=1S/C18H15NO2/c1-21-18-12-11-14(16-9-5-6-10-17(16)18)13-19(20)15-7-3-2-4-8-15/h2-13H,1H3. The van der Waals surface area contributed by atoms with Crippen molar-refractivity contribution < 1.29 is 9.48 Å². The number of benzene rings is 3. The maximum atomic E-state index is 12.2. The molecule has 3 nitrogen and oxygen atoms in total. The Morgan fingerprint density at radius 2 is 1.52 bits per heavy atom. The molecule has 3 heteroatoms. The zero-order valence-corrected chi connectivity index (χ0v) is 11.7. The quantitative estimate of drug-likeness (QED) is 0.312. The summed E-state index contributed by atoms with van der Waals surface area (Å²) in [5.74, 6) is 0.805. The van der Waals surface area contributed by atoms with E-state index in [0.717, 1.165) is 26.8 Å². The van der Waals surface area contributed by atoms with Crippen LogP contribution in [0.5, 0.6) is 5.75 Å². The summed E-state index contributed by atoms with van der Waals surface area (Å²) in [6.45, 7) is 0. The van der Waals surface area contributed by atoms with E-state index >= 15 is 0 Å². The van der Waals surface area contributed by atoms with Crippen LogP contribution < -0.4 is 4.74 Å². The topological polar surface area (TPSA) is 35.3 Å². The van der Waals surface area contributed by atoms with Crippen molar-refractivity contribution in [2.24, 2.45) is 0 Å². The van der Waals surface area contributed by atoms with Crippen molar-refractivity contribution in [3.05, 3.63) is 77.5 Å². The SMILES string of the molecule is COc1ccc(C=[N+]([O-])c2ccccc2)c2ccccc12. The van der Waals surface area contributed by atoms with E-state index in [1.54, 1.807) is 25.5 Å². The lowest BCUT2D eigenvalue weighted by atomic mass is 10.0. The molecule has 0 saturated carbocycles. The van der Waals surface area contributed by atoms with E-state index in [2.05, 4.69) is 0 Å². The third-order valence-electron chi connectivity index (χ3n) is 3.40. The number of hydrogen-bond donors (Lipinski definition) is 0. The predicted molar refractivity (Wildman–Crippen MR) is 85.4 cm³/mol. The van der Waals surface area contributed by atoms with Crippen LogP contribution in [0.25, 0.3) is 10.8 Å². The van der Waals surface area contributed by atoms with E-state index in [9.17, 15) is 5.21 Å². The van der Waals surface area contributed by atoms with Crippen molar-refractivity contribution in [2.75, 3.05) is 7.11 Å². The summed E-state index contributed by atoms with van der Waals surface area (Å²) in [6.07, 6.45) is 1.59. The molecular formula is C18H15NO2. The molecule has 3 rings (SSSR count). The first-order valence-electron chi connectivity index (χ1n) is 6.71. The molecular weight excluding hydrogens is 262 g/mol. The van der Waals surface area contributed by atoms with E-state index < -0.39 is 0 Å². The van der Waals surface area contributed by atoms with Crippen LogP contribution in [-0.4, -0.2) is 18.1 Å². The van der Waals surface area contributed by atoms with Gasteiger partial charge in [0.1, 0.15) is 5.75 Å². The van der Waals surface area contributed by atoms with Crippen LogP contribution >= 0.6 is 0 Å². The molecule has 0 heterocycles. The van der Waals surface area contributed by atoms with E-state index in [0.29, 0.717) is 5.69 Å². The van der Waals surface area contributed by atoms with Crippen molar-refractivity contribution in [1.29, 1.82) is 0 Å². The Labute approximate surface area is 123 Å². The van der Waals surface area contributed by atoms with Gasteiger partial charge in [-0.25, -0.2) is 0 Å². The second-order valence-corrected chi connectivity index (χ2v) is 4.69. The van der Waals surface area contributed by atoms with Gasteiger partial charge in [0.25, 0.3) is 0 Å². The summed E-state index contributed by atoms with van der Waals surface area (Å²) < 4.78 is 6.25. The molecule has 0 aromatic heterocycles. The van der Waals surface area contributed by atoms with Crippen molar-refractivity contribution in [3.63, 3.8) is 0 Å². The molecule has 21 heavy (non-hydrogen) atoms. The van der Waals surface area contributed by atoms with Crippen LogP contribution in [0.4, 0.5) is 5.69 Å². The molecule has 0 radical (unpaired) electrons. The Balaban J connectivity index is 2.14. The van der Waals surface area contributed by atoms with Gasteiger partial charge in [0.05, 0.1) is 7.11 Å². The van der Waals surface area contributed by atoms with Gasteiger partial charge in [-0.2, -0.15) is 4.74 Å². The van der Waals surface area contributed by atoms with Gasteiger partial charge < -0.3 is 9.94 Å². The average molecular weight is 277 g/mol. The third-order valence-corrected chi connectivity index (χ3v) is 3.40. The van der Waals surface area contributed by atoms with Crippen LogP contribution in [0, 0.1) is 5.21 Å². The number of ether oxygens (including phenoxy) is 1. The Morgan fingerprint density at radius 1 is 0.857 bits per heavy atom. The summed E-state index contributed by atoms with van der Waals surface area (Å²) in [7, 11) is 1.65. The van der Waals surface area contributed by atoms with Crippen LogP contribution in [0.15, 0.2) is 66.7 Å². The fraction of sp³-hybridized carbons (Fsp3) is 0.0556. The van der Waals surface area contributed by atoms with Crippen LogP contribution in [0.1, 0.15) is 5.56 Å². The molecule has 3 aromatic carbocycles. The van der Waals surface area contributed by atoms with Crippen molar-refractivity contribution in [2.45, 2.75) is 0 Å². The summed E-state index contributed by atoms with van der Waals surface area (Å²) in [4.78, 5) is 0. The molecule has 0 aliphatic carbocycles. The minimum absolute atomic E-state index is 0.609. The maximum absolute atomic E-state index is 12.2. The van der Waals surface area contributed by atoms with Gasteiger partial charge in [-0.05, 0) is 17.5 Å². The fourth-order valence-corrected chi connectivity index (χ4v) is 2.36. The number of fused-ring (bicyclic) bond motifs is 1. The molecule has 0 spiro atoms. The lowest BCUT2D eigenvalue weighted by molar-refractivity contribution is -0.354. The number of para-hydroxylation sites is 1. The zero-order chi connectivity index (χ0) is 14.7. The molecule has 0 fully saturated rings. The molecule has 0 bridgehead atoms. The average Bonchev–Trinajstić information content (AvgIpc) is 2.56. The van der Waals surface area contributed by atoms with Crippen molar-refractivity contribution in [3.8, 4) is 5.75 Å². The van der Waals surface area contributed by atoms with Gasteiger partial charge in [0, 0.05) is 23.1 Å². The summed E-state index contributed by atoms with van der Waals surface area (Å²) in [5.41, 5.74) is 1.47. The van der Waals surface area contributed by atoms with Crippen LogP contribution in [-0.2, 0) is 0 Å². The normalized spacial score (nSPS) is 11.6. The monoisotopic (exact) mass is 277 g/mol. The van der Waals surface area contributed by atoms with Gasteiger partial charge >= 0.3 is 0 Å². The highest BCUT2D eigenvalue weighted by Crippen LogP contribution is 2.27. The molecule has 0 amide bonds. The molecule has 0 N–H and O–H groups in total. The lowest BCUT2D eigenvalue weighted by Crippen LogP contribution is -1.99. The van der Waals surface area contributed by atoms with Gasteiger partial charge in [0.2, 0.25) is 5.69 Å². The fourth-order valence-electron chi connectivity index (χ4n) is 2.36. The highest BCUT2D eigenvalue weighted by Gasteiger charge is 2.07. The maximum Gasteiger partial charge on any atom is 0.216 e. The zero-order valence-electron chi connectivity index (χ0n) is 11.7. The minimum Gasteiger partial charge on any atom is -0.618 e. The molecule has 0 aliphatic heterocycles. The van der Waals surface area contributed by atoms with E-state index in [4.69, 9.17) is 4.74 Å². The van der Waals surface area contributed by atoms with E-state index in [-0.39, 0.29) is 0 Å². The van der Waals surface area contributed by atoms with Gasteiger partial charge in [-0.1, -0.05) is 42.5 Å². The van der Waals surface area contributed by atoms with Crippen molar-refractivity contribution in [1.82, 2.24) is 0 Å². The molecule has 0 aliphatic rings. The van der Waals surface area contributed by atoms with Crippen LogP contribution in [0.3, 0.4) is 0 Å². The second kappa shape index (κ2) is 5.67. The largest absolute Gasteiger partial charge is 0.618 e. The second-order valence-electron chi connectivity index (χ2n) is 4.69. The molecule has 104 valence electrons. The predicted octanol–water partition coefficient (Wildman–Crippen LogP) is 4.11. The molecule has 3 aromatic rings. The Kier molecular flexibility index (Phi) is 3.56. The molecule has 0 unspecified atom stereocenters. The summed E-state index contributed by atoms with van der Waals surface area (Å²) in [6, 6.07) is 20.8. The van der Waals surface area contributed by atoms with Gasteiger partial charge in [-0.15, -0.1) is 0 Å². The minimum atomic E-state index is 0.609. The van der Waals surface area contributed by atoms with Gasteiger partial charge in [0.15, 0.2) is 6.21 Å². The van der Waals surface area contributed by atoms with Crippen LogP contribution in [0.2, 0.25) is 0 Å². The summed E-state index contributed by atoms with van der Waals surface area (Å²) >= 11 is 0. The highest BCUT2D eigenvalue weighted by molar-refractivity contribution is 6.01. The first kappa shape index (κ1) is 13.2. The molecule has 0 atom stereocenters. The number of hydrogen-bond acceptors (Lipinski definition) is 2. The van der Waals surface area contributed by atoms with Gasteiger partial charge in [-0.3, -0.25) is 0 Å². The Hall–Kier alpha value is -2.81. The van der Waals surface area contributed by atoms with E-state index in [1.807, 2.05) is 54.6 Å². The lowest BCUT2D eigenvalue weighted by Gasteiger charge is -2.08. The first-order chi connectivity index (χ1) is 10.3. The summed E-state index contributed by atoms with van der Waals surface area (Å²) in [5, 5.41) is 14.2. The third kappa shape index (κ3) is 2.58. The number of nitrogens with zero attached hydrogens (tertiary/aromatic N) is 1. The Morgan fingerprint density at radius 3 is 2.24 bits per heavy atom. The first-order valence-corrected chi connectivity index (χ1v) is 6.71. The molecule has 0 saturated heterocycles. The number of methoxy groups -OCH3 is 1. The number of rotatable bonds is 3. The van der Waals surface area contributed by atoms with Crippen molar-refractivity contribution >= 4 is 22.7 Å². The Bertz CT molecular complexity index is 795. The highest BCUT2D eigenvalue weighted by atomic mass is 16.5. The smallest absolute Gasteiger partial charge is 0.216 e.